The van der Waals surface area contributed by atoms with Crippen LogP contribution in [0.1, 0.15) is 12.5 Å². The van der Waals surface area contributed by atoms with E-state index in [0.717, 1.165) is 6.33 Å². The van der Waals surface area contributed by atoms with E-state index in [0.29, 0.717) is 36.1 Å². The molecular weight excluding hydrogens is 439 g/mol. The molecule has 0 radical (unpaired) electrons. The van der Waals surface area contributed by atoms with Gasteiger partial charge in [0, 0.05) is 12.1 Å². The van der Waals surface area contributed by atoms with Crippen LogP contribution in [-0.4, -0.2) is 41.3 Å². The van der Waals surface area contributed by atoms with Crippen LogP contribution in [-0.2, 0) is 9.57 Å². The number of hydrogen-bond donors (Lipinski definition) is 0. The summed E-state index contributed by atoms with van der Waals surface area (Å²) in [4.78, 5) is 17.3. The smallest absolute Gasteiger partial charge is 0.276 e. The number of hydrogen-bond acceptors (Lipinski definition) is 8. The number of benzene rings is 2. The largest absolute Gasteiger partial charge is 0.470 e. The number of para-hydroxylation sites is 2. The molecule has 2 heterocycles. The Morgan fingerprint density at radius 2 is 1.72 bits per heavy atom. The summed E-state index contributed by atoms with van der Waals surface area (Å²) in [5.74, 6) is -0.767. The van der Waals surface area contributed by atoms with Crippen molar-refractivity contribution >= 4 is 23.2 Å². The van der Waals surface area contributed by atoms with Gasteiger partial charge in [-0.15, -0.1) is 0 Å². The third-order valence-electron chi connectivity index (χ3n) is 4.20. The summed E-state index contributed by atoms with van der Waals surface area (Å²) in [6.07, 6.45) is 1.14. The van der Waals surface area contributed by atoms with Crippen LogP contribution < -0.4 is 9.47 Å². The molecule has 32 heavy (non-hydrogen) atoms. The second-order valence-corrected chi connectivity index (χ2v) is 6.74. The fraction of sp³-hybridized carbons (Fsp3) is 0.182. The van der Waals surface area contributed by atoms with Gasteiger partial charge < -0.3 is 19.0 Å². The summed E-state index contributed by atoms with van der Waals surface area (Å²) in [5, 5.41) is 4.25. The Morgan fingerprint density at radius 1 is 1.03 bits per heavy atom. The number of ether oxygens (including phenoxy) is 3. The molecule has 8 nitrogen and oxygen atoms in total. The molecule has 164 valence electrons. The van der Waals surface area contributed by atoms with E-state index in [9.17, 15) is 0 Å². The number of oxime groups is 1. The van der Waals surface area contributed by atoms with Gasteiger partial charge in [0.05, 0.1) is 5.02 Å². The summed E-state index contributed by atoms with van der Waals surface area (Å²) in [6, 6.07) is 13.6. The average molecular weight is 457 g/mol. The van der Waals surface area contributed by atoms with Gasteiger partial charge in [-0.25, -0.2) is 0 Å². The number of nitrogens with zero attached hydrogens (tertiary/aromatic N) is 4. The highest BCUT2D eigenvalue weighted by Crippen LogP contribution is 2.33. The lowest BCUT2D eigenvalue weighted by Crippen LogP contribution is -2.26. The molecule has 1 aliphatic heterocycles. The minimum Gasteiger partial charge on any atom is -0.470 e. The van der Waals surface area contributed by atoms with Gasteiger partial charge in [0.1, 0.15) is 30.1 Å². The summed E-state index contributed by atoms with van der Waals surface area (Å²) in [7, 11) is 0. The van der Waals surface area contributed by atoms with Crippen molar-refractivity contribution in [3.05, 3.63) is 71.3 Å². The Balaban J connectivity index is 1.66. The van der Waals surface area contributed by atoms with E-state index < -0.39 is 5.82 Å². The number of halogens is 2. The first kappa shape index (κ1) is 21.5. The maximum atomic E-state index is 15.1. The van der Waals surface area contributed by atoms with Crippen molar-refractivity contribution in [1.82, 2.24) is 9.97 Å². The minimum absolute atomic E-state index is 0.222. The van der Waals surface area contributed by atoms with Gasteiger partial charge >= 0.3 is 0 Å². The van der Waals surface area contributed by atoms with Gasteiger partial charge in [-0.3, -0.25) is 4.99 Å². The standard InChI is InChI=1S/C22H18ClFN4O4/c1-2-25-19(22-28-30-12-11-29-22)14-7-3-5-9-16(14)31-20-18(24)21(27-13-26-20)32-17-10-6-4-8-15(17)23/h3-10,13H,2,11-12H2,1H3/b25-19+. The first-order chi connectivity index (χ1) is 15.7. The average Bonchev–Trinajstić information content (AvgIpc) is 2.82. The van der Waals surface area contributed by atoms with Crippen LogP contribution in [0, 0.1) is 5.82 Å². The zero-order valence-electron chi connectivity index (χ0n) is 17.0. The molecule has 0 N–H and O–H groups in total. The van der Waals surface area contributed by atoms with Crippen molar-refractivity contribution < 1.29 is 23.4 Å². The van der Waals surface area contributed by atoms with Crippen molar-refractivity contribution in [2.75, 3.05) is 19.8 Å². The van der Waals surface area contributed by atoms with Crippen molar-refractivity contribution in [2.24, 2.45) is 10.1 Å². The molecule has 4 rings (SSSR count). The normalized spacial score (nSPS) is 13.6. The third-order valence-corrected chi connectivity index (χ3v) is 4.51. The lowest BCUT2D eigenvalue weighted by atomic mass is 10.1. The lowest BCUT2D eigenvalue weighted by Gasteiger charge is -2.17. The molecule has 1 aromatic heterocycles. The molecule has 0 atom stereocenters. The van der Waals surface area contributed by atoms with E-state index in [4.69, 9.17) is 30.6 Å². The van der Waals surface area contributed by atoms with Crippen molar-refractivity contribution in [3.63, 3.8) is 0 Å². The van der Waals surface area contributed by atoms with Gasteiger partial charge in [0.15, 0.2) is 6.61 Å². The highest BCUT2D eigenvalue weighted by atomic mass is 35.5. The fourth-order valence-electron chi connectivity index (χ4n) is 2.81. The quantitative estimate of drug-likeness (QED) is 0.464. The Labute approximate surface area is 188 Å². The van der Waals surface area contributed by atoms with E-state index in [1.807, 2.05) is 6.92 Å². The molecule has 0 fully saturated rings. The molecule has 0 bridgehead atoms. The fourth-order valence-corrected chi connectivity index (χ4v) is 2.99. The zero-order valence-corrected chi connectivity index (χ0v) is 17.8. The van der Waals surface area contributed by atoms with E-state index >= 15 is 4.39 Å². The molecule has 0 unspecified atom stereocenters. The van der Waals surface area contributed by atoms with Gasteiger partial charge in [0.25, 0.3) is 17.7 Å². The summed E-state index contributed by atoms with van der Waals surface area (Å²) in [5.41, 5.74) is 0.954. The molecule has 0 spiro atoms. The third kappa shape index (κ3) is 4.78. The van der Waals surface area contributed by atoms with E-state index in [1.165, 1.54) is 0 Å². The van der Waals surface area contributed by atoms with Crippen LogP contribution in [0.3, 0.4) is 0 Å². The lowest BCUT2D eigenvalue weighted by molar-refractivity contribution is 0.0676. The van der Waals surface area contributed by atoms with Crippen LogP contribution in [0.5, 0.6) is 23.3 Å². The molecule has 3 aromatic rings. The minimum atomic E-state index is -0.884. The van der Waals surface area contributed by atoms with E-state index in [1.54, 1.807) is 48.5 Å². The predicted molar refractivity (Wildman–Crippen MR) is 116 cm³/mol. The molecule has 10 heteroatoms. The second-order valence-electron chi connectivity index (χ2n) is 6.33. The van der Waals surface area contributed by atoms with Crippen molar-refractivity contribution in [1.29, 1.82) is 0 Å². The maximum absolute atomic E-state index is 15.1. The summed E-state index contributed by atoms with van der Waals surface area (Å²) < 4.78 is 32.0. The van der Waals surface area contributed by atoms with Gasteiger partial charge in [-0.1, -0.05) is 35.9 Å². The number of aromatic nitrogens is 2. The van der Waals surface area contributed by atoms with Crippen LogP contribution in [0.15, 0.2) is 65.0 Å². The summed E-state index contributed by atoms with van der Waals surface area (Å²) >= 11 is 6.09. The molecule has 0 saturated heterocycles. The number of rotatable bonds is 7. The summed E-state index contributed by atoms with van der Waals surface area (Å²) in [6.45, 7) is 3.02. The Morgan fingerprint density at radius 3 is 2.41 bits per heavy atom. The number of aliphatic imine (C=N–C) groups is 1. The first-order valence-electron chi connectivity index (χ1n) is 9.75. The first-order valence-corrected chi connectivity index (χ1v) is 10.1. The molecule has 0 amide bonds. The van der Waals surface area contributed by atoms with E-state index in [2.05, 4.69) is 20.1 Å². The molecule has 1 aliphatic rings. The van der Waals surface area contributed by atoms with E-state index in [-0.39, 0.29) is 29.2 Å². The zero-order chi connectivity index (χ0) is 22.3. The molecular formula is C22H18ClFN4O4. The molecule has 2 aromatic carbocycles. The SMILES string of the molecule is CC/N=C(/C1=NOCCO1)c1ccccc1Oc1ncnc(Oc2ccccc2Cl)c1F. The topological polar surface area (TPSA) is 87.4 Å². The highest BCUT2D eigenvalue weighted by Gasteiger charge is 2.23. The highest BCUT2D eigenvalue weighted by molar-refractivity contribution is 6.46. The van der Waals surface area contributed by atoms with Crippen molar-refractivity contribution in [2.45, 2.75) is 6.92 Å². The monoisotopic (exact) mass is 456 g/mol. The maximum Gasteiger partial charge on any atom is 0.276 e. The van der Waals surface area contributed by atoms with Crippen LogP contribution in [0.2, 0.25) is 5.02 Å². The van der Waals surface area contributed by atoms with Crippen molar-refractivity contribution in [3.8, 4) is 23.3 Å². The van der Waals surface area contributed by atoms with Crippen LogP contribution in [0.25, 0.3) is 0 Å². The Hall–Kier alpha value is -3.72. The predicted octanol–water partition coefficient (Wildman–Crippen LogP) is 5.02. The van der Waals surface area contributed by atoms with Crippen LogP contribution >= 0.6 is 11.6 Å². The van der Waals surface area contributed by atoms with Gasteiger partial charge in [-0.05, 0) is 36.3 Å². The van der Waals surface area contributed by atoms with Crippen LogP contribution in [0.4, 0.5) is 4.39 Å². The second kappa shape index (κ2) is 10.1. The molecule has 0 aliphatic carbocycles. The Bertz CT molecular complexity index is 1170. The molecule has 0 saturated carbocycles. The van der Waals surface area contributed by atoms with Gasteiger partial charge in [-0.2, -0.15) is 14.4 Å². The van der Waals surface area contributed by atoms with Gasteiger partial charge in [0.2, 0.25) is 5.82 Å². The Kier molecular flexibility index (Phi) is 6.76.